The van der Waals surface area contributed by atoms with E-state index < -0.39 is 0 Å². The molecule has 0 radical (unpaired) electrons. The van der Waals surface area contributed by atoms with Crippen LogP contribution in [0.2, 0.25) is 0 Å². The van der Waals surface area contributed by atoms with Gasteiger partial charge in [-0.2, -0.15) is 0 Å². The lowest BCUT2D eigenvalue weighted by Crippen LogP contribution is -2.13. The molecule has 3 heteroatoms. The molecule has 0 spiro atoms. The zero-order chi connectivity index (χ0) is 9.97. The molecule has 72 valence electrons. The smallest absolute Gasteiger partial charge is 0.186 e. The summed E-state index contributed by atoms with van der Waals surface area (Å²) in [5.41, 5.74) is 2.28. The summed E-state index contributed by atoms with van der Waals surface area (Å²) in [5, 5.41) is 9.86. The second-order valence-electron chi connectivity index (χ2n) is 3.06. The summed E-state index contributed by atoms with van der Waals surface area (Å²) in [7, 11) is 0. The van der Waals surface area contributed by atoms with Gasteiger partial charge in [-0.1, -0.05) is 25.1 Å². The zero-order valence-electron chi connectivity index (χ0n) is 8.03. The lowest BCUT2D eigenvalue weighted by molar-refractivity contribution is 0.883. The average Bonchev–Trinajstić information content (AvgIpc) is 2.61. The third-order valence-corrected chi connectivity index (χ3v) is 2.97. The van der Waals surface area contributed by atoms with E-state index in [0.717, 1.165) is 12.1 Å². The fourth-order valence-electron chi connectivity index (χ4n) is 1.46. The second kappa shape index (κ2) is 3.80. The van der Waals surface area contributed by atoms with Crippen LogP contribution in [0.25, 0.3) is 5.69 Å². The van der Waals surface area contributed by atoms with Crippen LogP contribution in [0.5, 0.6) is 0 Å². The third-order valence-electron chi connectivity index (χ3n) is 2.17. The van der Waals surface area contributed by atoms with Gasteiger partial charge in [0.1, 0.15) is 0 Å². The van der Waals surface area contributed by atoms with Gasteiger partial charge in [0.05, 0.1) is 0 Å². The molecule has 0 aliphatic heterocycles. The van der Waals surface area contributed by atoms with Crippen molar-refractivity contribution in [3.05, 3.63) is 46.2 Å². The molecule has 0 amide bonds. The van der Waals surface area contributed by atoms with Crippen molar-refractivity contribution >= 4 is 11.3 Å². The Morgan fingerprint density at radius 3 is 2.64 bits per heavy atom. The number of nitrogens with zero attached hydrogens (tertiary/aromatic N) is 1. The van der Waals surface area contributed by atoms with Gasteiger partial charge in [0.15, 0.2) is 4.80 Å². The first-order valence-corrected chi connectivity index (χ1v) is 5.50. The Balaban J connectivity index is 2.61. The number of hydrogen-bond acceptors (Lipinski definition) is 2. The Hall–Kier alpha value is -1.35. The topological polar surface area (TPSA) is 28.8 Å². The molecule has 1 N–H and O–H groups in total. The Morgan fingerprint density at radius 2 is 2.00 bits per heavy atom. The molecule has 0 saturated carbocycles. The largest absolute Gasteiger partial charge is 0.290 e. The molecule has 0 saturated heterocycles. The molecule has 14 heavy (non-hydrogen) atoms. The molecule has 0 unspecified atom stereocenters. The molecule has 0 aliphatic carbocycles. The number of hydrogen-bond donors (Lipinski definition) is 1. The first-order chi connectivity index (χ1) is 6.83. The first-order valence-electron chi connectivity index (χ1n) is 4.62. The summed E-state index contributed by atoms with van der Waals surface area (Å²) in [6, 6.07) is 10.1. The lowest BCUT2D eigenvalue weighted by Gasteiger charge is -2.05. The summed E-state index contributed by atoms with van der Waals surface area (Å²) in [6.07, 6.45) is 0.963. The van der Waals surface area contributed by atoms with E-state index in [1.165, 1.54) is 17.0 Å². The molecule has 1 heterocycles. The van der Waals surface area contributed by atoms with E-state index in [1.807, 2.05) is 34.9 Å². The normalized spacial score (nSPS) is 10.4. The van der Waals surface area contributed by atoms with Crippen LogP contribution in [0, 0.1) is 5.41 Å². The molecule has 1 aromatic heterocycles. The summed E-state index contributed by atoms with van der Waals surface area (Å²) in [5.74, 6) is 0. The van der Waals surface area contributed by atoms with Crippen LogP contribution in [-0.2, 0) is 6.42 Å². The first kappa shape index (κ1) is 9.21. The van der Waals surface area contributed by atoms with Gasteiger partial charge in [-0.05, 0) is 18.6 Å². The summed E-state index contributed by atoms with van der Waals surface area (Å²) < 4.78 is 1.99. The SMILES string of the molecule is CCc1csc(=N)n1-c1ccccc1. The number of aryl methyl sites for hydroxylation is 1. The zero-order valence-corrected chi connectivity index (χ0v) is 8.84. The van der Waals surface area contributed by atoms with Crippen molar-refractivity contribution in [2.24, 2.45) is 0 Å². The van der Waals surface area contributed by atoms with Crippen molar-refractivity contribution in [1.82, 2.24) is 4.57 Å². The van der Waals surface area contributed by atoms with Crippen LogP contribution < -0.4 is 4.80 Å². The van der Waals surface area contributed by atoms with E-state index in [9.17, 15) is 0 Å². The number of benzene rings is 1. The van der Waals surface area contributed by atoms with Crippen LogP contribution in [0.15, 0.2) is 35.7 Å². The quantitative estimate of drug-likeness (QED) is 0.779. The molecule has 2 aromatic rings. The molecule has 2 nitrogen and oxygen atoms in total. The van der Waals surface area contributed by atoms with Crippen molar-refractivity contribution in [1.29, 1.82) is 5.41 Å². The van der Waals surface area contributed by atoms with Gasteiger partial charge in [0.25, 0.3) is 0 Å². The highest BCUT2D eigenvalue weighted by molar-refractivity contribution is 7.07. The van der Waals surface area contributed by atoms with E-state index in [0.29, 0.717) is 4.80 Å². The Morgan fingerprint density at radius 1 is 1.29 bits per heavy atom. The van der Waals surface area contributed by atoms with E-state index in [-0.39, 0.29) is 0 Å². The number of thiazole rings is 1. The average molecular weight is 204 g/mol. The minimum atomic E-state index is 0.591. The van der Waals surface area contributed by atoms with Crippen molar-refractivity contribution in [2.75, 3.05) is 0 Å². The van der Waals surface area contributed by atoms with Crippen molar-refractivity contribution in [3.63, 3.8) is 0 Å². The number of aromatic nitrogens is 1. The van der Waals surface area contributed by atoms with Crippen LogP contribution in [0.4, 0.5) is 0 Å². The summed E-state index contributed by atoms with van der Waals surface area (Å²) in [6.45, 7) is 2.11. The van der Waals surface area contributed by atoms with E-state index in [1.54, 1.807) is 0 Å². The molecule has 0 bridgehead atoms. The van der Waals surface area contributed by atoms with Crippen LogP contribution >= 0.6 is 11.3 Å². The molecular weight excluding hydrogens is 192 g/mol. The molecular formula is C11H12N2S. The number of para-hydroxylation sites is 1. The fraction of sp³-hybridized carbons (Fsp3) is 0.182. The van der Waals surface area contributed by atoms with E-state index >= 15 is 0 Å². The van der Waals surface area contributed by atoms with Gasteiger partial charge >= 0.3 is 0 Å². The van der Waals surface area contributed by atoms with Crippen LogP contribution in [-0.4, -0.2) is 4.57 Å². The van der Waals surface area contributed by atoms with Crippen molar-refractivity contribution in [3.8, 4) is 5.69 Å². The maximum Gasteiger partial charge on any atom is 0.186 e. The molecule has 2 rings (SSSR count). The van der Waals surface area contributed by atoms with E-state index in [4.69, 9.17) is 5.41 Å². The van der Waals surface area contributed by atoms with Crippen LogP contribution in [0.1, 0.15) is 12.6 Å². The maximum absolute atomic E-state index is 7.81. The second-order valence-corrected chi connectivity index (χ2v) is 3.91. The highest BCUT2D eigenvalue weighted by Gasteiger charge is 2.03. The monoisotopic (exact) mass is 204 g/mol. The van der Waals surface area contributed by atoms with Crippen molar-refractivity contribution < 1.29 is 0 Å². The molecule has 0 atom stereocenters. The summed E-state index contributed by atoms with van der Waals surface area (Å²) >= 11 is 1.48. The van der Waals surface area contributed by atoms with Crippen molar-refractivity contribution in [2.45, 2.75) is 13.3 Å². The van der Waals surface area contributed by atoms with E-state index in [2.05, 4.69) is 12.3 Å². The summed E-state index contributed by atoms with van der Waals surface area (Å²) in [4.78, 5) is 0.591. The van der Waals surface area contributed by atoms with Gasteiger partial charge in [-0.3, -0.25) is 9.98 Å². The van der Waals surface area contributed by atoms with Gasteiger partial charge in [-0.25, -0.2) is 0 Å². The third kappa shape index (κ3) is 1.51. The van der Waals surface area contributed by atoms with Crippen LogP contribution in [0.3, 0.4) is 0 Å². The number of rotatable bonds is 2. The van der Waals surface area contributed by atoms with Gasteiger partial charge in [-0.15, -0.1) is 11.3 Å². The minimum Gasteiger partial charge on any atom is -0.290 e. The Kier molecular flexibility index (Phi) is 2.50. The molecule has 0 fully saturated rings. The Labute approximate surface area is 87.0 Å². The Bertz CT molecular complexity index is 468. The maximum atomic E-state index is 7.81. The highest BCUT2D eigenvalue weighted by Crippen LogP contribution is 2.11. The minimum absolute atomic E-state index is 0.591. The fourth-order valence-corrected chi connectivity index (χ4v) is 2.31. The number of nitrogens with one attached hydrogen (secondary N) is 1. The molecule has 1 aromatic carbocycles. The predicted octanol–water partition coefficient (Wildman–Crippen LogP) is 2.58. The lowest BCUT2D eigenvalue weighted by atomic mass is 10.3. The molecule has 0 aliphatic rings. The van der Waals surface area contributed by atoms with Gasteiger partial charge in [0.2, 0.25) is 0 Å². The predicted molar refractivity (Wildman–Crippen MR) is 58.9 cm³/mol. The van der Waals surface area contributed by atoms with Gasteiger partial charge < -0.3 is 0 Å². The highest BCUT2D eigenvalue weighted by atomic mass is 32.1. The van der Waals surface area contributed by atoms with Gasteiger partial charge in [0, 0.05) is 16.8 Å². The standard InChI is InChI=1S/C11H12N2S/c1-2-9-8-14-11(12)13(9)10-6-4-3-5-7-10/h3-8,12H,2H2,1H3.